The Bertz CT molecular complexity index is 443. The zero-order valence-electron chi connectivity index (χ0n) is 11.4. The first-order valence-corrected chi connectivity index (χ1v) is 6.41. The third-order valence-corrected chi connectivity index (χ3v) is 3.70. The van der Waals surface area contributed by atoms with Gasteiger partial charge in [0.1, 0.15) is 0 Å². The molecule has 2 rings (SSSR count). The average Bonchev–Trinajstić information content (AvgIpc) is 2.94. The van der Waals surface area contributed by atoms with Crippen molar-refractivity contribution in [2.45, 2.75) is 33.1 Å². The Hall–Kier alpha value is -1.51. The molecule has 0 unspecified atom stereocenters. The predicted octanol–water partition coefficient (Wildman–Crippen LogP) is 2.99. The number of benzene rings is 1. The summed E-state index contributed by atoms with van der Waals surface area (Å²) in [5, 5.41) is 8.94. The van der Waals surface area contributed by atoms with E-state index in [1.54, 1.807) is 0 Å². The van der Waals surface area contributed by atoms with Crippen LogP contribution in [-0.4, -0.2) is 24.7 Å². The molecule has 0 amide bonds. The molecule has 0 saturated heterocycles. The Morgan fingerprint density at radius 3 is 2.28 bits per heavy atom. The zero-order chi connectivity index (χ0) is 13.3. The van der Waals surface area contributed by atoms with Crippen molar-refractivity contribution in [3.05, 3.63) is 29.3 Å². The Balaban J connectivity index is 2.07. The van der Waals surface area contributed by atoms with E-state index in [2.05, 4.69) is 44.0 Å². The van der Waals surface area contributed by atoms with Gasteiger partial charge in [-0.15, -0.1) is 0 Å². The average molecular weight is 247 g/mol. The molecule has 1 fully saturated rings. The molecule has 0 atom stereocenters. The third kappa shape index (κ3) is 3.03. The highest BCUT2D eigenvalue weighted by Crippen LogP contribution is 2.49. The first-order valence-electron chi connectivity index (χ1n) is 6.41. The predicted molar refractivity (Wildman–Crippen MR) is 73.1 cm³/mol. The van der Waals surface area contributed by atoms with Gasteiger partial charge in [-0.2, -0.15) is 0 Å². The van der Waals surface area contributed by atoms with E-state index in [1.165, 1.54) is 16.8 Å². The van der Waals surface area contributed by atoms with Crippen molar-refractivity contribution in [2.24, 2.45) is 5.41 Å². The van der Waals surface area contributed by atoms with Crippen LogP contribution in [0.5, 0.6) is 0 Å². The number of nitrogens with zero attached hydrogens (tertiary/aromatic N) is 1. The highest BCUT2D eigenvalue weighted by molar-refractivity contribution is 5.68. The van der Waals surface area contributed by atoms with Gasteiger partial charge < -0.3 is 10.0 Å². The van der Waals surface area contributed by atoms with Crippen molar-refractivity contribution in [1.29, 1.82) is 0 Å². The van der Waals surface area contributed by atoms with Crippen molar-refractivity contribution >= 4 is 11.7 Å². The fourth-order valence-corrected chi connectivity index (χ4v) is 2.65. The molecule has 18 heavy (non-hydrogen) atoms. The van der Waals surface area contributed by atoms with Gasteiger partial charge in [0, 0.05) is 19.3 Å². The second kappa shape index (κ2) is 4.63. The Labute approximate surface area is 108 Å². The highest BCUT2D eigenvalue weighted by atomic mass is 16.4. The summed E-state index contributed by atoms with van der Waals surface area (Å²) in [5.41, 5.74) is 3.70. The van der Waals surface area contributed by atoms with E-state index in [4.69, 9.17) is 5.11 Å². The Kier molecular flexibility index (Phi) is 3.33. The fraction of sp³-hybridized carbons (Fsp3) is 0.533. The summed E-state index contributed by atoms with van der Waals surface area (Å²) < 4.78 is 0. The zero-order valence-corrected chi connectivity index (χ0v) is 11.4. The first-order chi connectivity index (χ1) is 8.40. The molecule has 0 radical (unpaired) electrons. The number of carboxylic acids is 1. The summed E-state index contributed by atoms with van der Waals surface area (Å²) in [7, 11) is 2.05. The molecule has 1 aromatic rings. The number of anilines is 1. The van der Waals surface area contributed by atoms with E-state index < -0.39 is 5.97 Å². The normalized spacial score (nSPS) is 16.4. The van der Waals surface area contributed by atoms with Gasteiger partial charge in [-0.05, 0) is 55.4 Å². The summed E-state index contributed by atoms with van der Waals surface area (Å²) in [6, 6.07) is 6.47. The van der Waals surface area contributed by atoms with Gasteiger partial charge in [0.15, 0.2) is 0 Å². The van der Waals surface area contributed by atoms with Crippen LogP contribution in [0.3, 0.4) is 0 Å². The molecule has 1 N–H and O–H groups in total. The van der Waals surface area contributed by atoms with Crippen molar-refractivity contribution < 1.29 is 9.90 Å². The van der Waals surface area contributed by atoms with E-state index in [1.807, 2.05) is 0 Å². The van der Waals surface area contributed by atoms with E-state index in [0.717, 1.165) is 19.4 Å². The van der Waals surface area contributed by atoms with Crippen LogP contribution in [0.15, 0.2) is 18.2 Å². The fourth-order valence-electron chi connectivity index (χ4n) is 2.65. The lowest BCUT2D eigenvalue weighted by Gasteiger charge is -2.25. The van der Waals surface area contributed by atoms with Crippen LogP contribution < -0.4 is 4.90 Å². The summed E-state index contributed by atoms with van der Waals surface area (Å²) in [6.45, 7) is 5.02. The minimum Gasteiger partial charge on any atom is -0.481 e. The van der Waals surface area contributed by atoms with Gasteiger partial charge in [-0.1, -0.05) is 6.07 Å². The van der Waals surface area contributed by atoms with Crippen molar-refractivity contribution in [3.63, 3.8) is 0 Å². The maximum atomic E-state index is 10.9. The molecule has 98 valence electrons. The standard InChI is InChI=1S/C15H21NO2/c1-11-6-12(2)8-13(7-11)16(3)10-15(4-5-15)9-14(17)18/h6-8H,4-5,9-10H2,1-3H3,(H,17,18). The van der Waals surface area contributed by atoms with Gasteiger partial charge >= 0.3 is 5.97 Å². The van der Waals surface area contributed by atoms with Crippen LogP contribution in [-0.2, 0) is 4.79 Å². The van der Waals surface area contributed by atoms with Crippen LogP contribution in [0.1, 0.15) is 30.4 Å². The quantitative estimate of drug-likeness (QED) is 0.869. The molecule has 3 nitrogen and oxygen atoms in total. The number of aryl methyl sites for hydroxylation is 2. The van der Waals surface area contributed by atoms with Gasteiger partial charge in [-0.3, -0.25) is 4.79 Å². The van der Waals surface area contributed by atoms with Crippen LogP contribution in [0.25, 0.3) is 0 Å². The molecule has 0 aliphatic heterocycles. The second-order valence-corrected chi connectivity index (χ2v) is 5.77. The largest absolute Gasteiger partial charge is 0.481 e. The smallest absolute Gasteiger partial charge is 0.303 e. The lowest BCUT2D eigenvalue weighted by molar-refractivity contribution is -0.138. The van der Waals surface area contributed by atoms with Crippen molar-refractivity contribution in [3.8, 4) is 0 Å². The molecule has 1 aromatic carbocycles. The van der Waals surface area contributed by atoms with E-state index >= 15 is 0 Å². The molecule has 1 aliphatic rings. The molecular weight excluding hydrogens is 226 g/mol. The van der Waals surface area contributed by atoms with Gasteiger partial charge in [-0.25, -0.2) is 0 Å². The lowest BCUT2D eigenvalue weighted by atomic mass is 10.0. The SMILES string of the molecule is Cc1cc(C)cc(N(C)CC2(CC(=O)O)CC2)c1. The molecule has 0 spiro atoms. The van der Waals surface area contributed by atoms with Crippen molar-refractivity contribution in [1.82, 2.24) is 0 Å². The number of carbonyl (C=O) groups is 1. The van der Waals surface area contributed by atoms with E-state index in [-0.39, 0.29) is 5.41 Å². The second-order valence-electron chi connectivity index (χ2n) is 5.77. The minimum absolute atomic E-state index is 0.0121. The molecule has 1 aliphatic carbocycles. The number of carboxylic acid groups (broad SMARTS) is 1. The Morgan fingerprint density at radius 2 is 1.83 bits per heavy atom. The van der Waals surface area contributed by atoms with E-state index in [9.17, 15) is 4.79 Å². The molecule has 0 heterocycles. The molecule has 3 heteroatoms. The first kappa shape index (κ1) is 12.9. The number of hydrogen-bond donors (Lipinski definition) is 1. The summed E-state index contributed by atoms with van der Waals surface area (Å²) in [6.07, 6.45) is 2.37. The third-order valence-electron chi connectivity index (χ3n) is 3.70. The highest BCUT2D eigenvalue weighted by Gasteiger charge is 2.45. The van der Waals surface area contributed by atoms with Gasteiger partial charge in [0.25, 0.3) is 0 Å². The van der Waals surface area contributed by atoms with Gasteiger partial charge in [0.05, 0.1) is 6.42 Å². The van der Waals surface area contributed by atoms with Crippen LogP contribution in [0.4, 0.5) is 5.69 Å². The summed E-state index contributed by atoms with van der Waals surface area (Å²) in [5.74, 6) is -0.679. The number of hydrogen-bond acceptors (Lipinski definition) is 2. The topological polar surface area (TPSA) is 40.5 Å². The summed E-state index contributed by atoms with van der Waals surface area (Å²) in [4.78, 5) is 13.1. The minimum atomic E-state index is -0.679. The van der Waals surface area contributed by atoms with Crippen LogP contribution in [0, 0.1) is 19.3 Å². The maximum Gasteiger partial charge on any atom is 0.303 e. The number of rotatable bonds is 5. The molecule has 0 bridgehead atoms. The Morgan fingerprint density at radius 1 is 1.28 bits per heavy atom. The monoisotopic (exact) mass is 247 g/mol. The maximum absolute atomic E-state index is 10.9. The number of aliphatic carboxylic acids is 1. The summed E-state index contributed by atoms with van der Waals surface area (Å²) >= 11 is 0. The lowest BCUT2D eigenvalue weighted by Crippen LogP contribution is -2.28. The van der Waals surface area contributed by atoms with Gasteiger partial charge in [0.2, 0.25) is 0 Å². The van der Waals surface area contributed by atoms with Crippen LogP contribution >= 0.6 is 0 Å². The molecule has 1 saturated carbocycles. The van der Waals surface area contributed by atoms with E-state index in [0.29, 0.717) is 6.42 Å². The van der Waals surface area contributed by atoms with Crippen molar-refractivity contribution in [2.75, 3.05) is 18.5 Å². The molecular formula is C15H21NO2. The molecule has 0 aromatic heterocycles. The van der Waals surface area contributed by atoms with Crippen LogP contribution in [0.2, 0.25) is 0 Å².